The molecular formula is C16H12N2O3S2. The highest BCUT2D eigenvalue weighted by Crippen LogP contribution is 2.32. The summed E-state index contributed by atoms with van der Waals surface area (Å²) in [6, 6.07) is 7.53. The van der Waals surface area contributed by atoms with Gasteiger partial charge in [-0.15, -0.1) is 11.3 Å². The Bertz CT molecular complexity index is 1110. The molecule has 4 aromatic rings. The molecule has 0 atom stereocenters. The molecule has 0 aliphatic heterocycles. The number of hydrogen-bond donors (Lipinski definition) is 0. The molecule has 23 heavy (non-hydrogen) atoms. The molecule has 0 fully saturated rings. The van der Waals surface area contributed by atoms with E-state index >= 15 is 0 Å². The Morgan fingerprint density at radius 1 is 1.22 bits per heavy atom. The minimum absolute atomic E-state index is 0.0619. The second kappa shape index (κ2) is 5.36. The fraction of sp³-hybridized carbons (Fsp3) is 0.125. The predicted octanol–water partition coefficient (Wildman–Crippen LogP) is 2.54. The molecule has 0 radical (unpaired) electrons. The monoisotopic (exact) mass is 344 g/mol. The van der Waals surface area contributed by atoms with Crippen molar-refractivity contribution in [3.63, 3.8) is 0 Å². The standard InChI is InChI=1S/C16H12N2O3S2/c1-20-12-7-10-11(8-13(12)21-2)18-15(19)14(23-16(18)17-10)6-9-4-3-5-22-9/h3-8H,1-2H3/b14-6-. The molecule has 0 bridgehead atoms. The van der Waals surface area contributed by atoms with Crippen molar-refractivity contribution >= 4 is 44.7 Å². The van der Waals surface area contributed by atoms with E-state index in [2.05, 4.69) is 4.98 Å². The van der Waals surface area contributed by atoms with Gasteiger partial charge in [0.25, 0.3) is 5.56 Å². The van der Waals surface area contributed by atoms with Crippen molar-refractivity contribution < 1.29 is 9.47 Å². The molecule has 1 aromatic carbocycles. The maximum absolute atomic E-state index is 12.7. The van der Waals surface area contributed by atoms with Crippen molar-refractivity contribution in [1.29, 1.82) is 0 Å². The predicted molar refractivity (Wildman–Crippen MR) is 93.1 cm³/mol. The second-order valence-electron chi connectivity index (χ2n) is 4.86. The highest BCUT2D eigenvalue weighted by atomic mass is 32.1. The minimum Gasteiger partial charge on any atom is -0.493 e. The molecule has 3 heterocycles. The average molecular weight is 344 g/mol. The first kappa shape index (κ1) is 14.2. The van der Waals surface area contributed by atoms with Crippen LogP contribution in [0.15, 0.2) is 34.4 Å². The van der Waals surface area contributed by atoms with Crippen LogP contribution in [0.4, 0.5) is 0 Å². The summed E-state index contributed by atoms with van der Waals surface area (Å²) in [6.07, 6.45) is 1.90. The van der Waals surface area contributed by atoms with E-state index in [0.29, 0.717) is 26.5 Å². The summed E-state index contributed by atoms with van der Waals surface area (Å²) in [4.78, 5) is 19.0. The molecule has 4 rings (SSSR count). The van der Waals surface area contributed by atoms with Crippen molar-refractivity contribution in [2.24, 2.45) is 0 Å². The van der Waals surface area contributed by atoms with E-state index in [-0.39, 0.29) is 5.56 Å². The number of fused-ring (bicyclic) bond motifs is 3. The van der Waals surface area contributed by atoms with Crippen LogP contribution < -0.4 is 19.6 Å². The minimum atomic E-state index is -0.0619. The summed E-state index contributed by atoms with van der Waals surface area (Å²) in [6.45, 7) is 0. The summed E-state index contributed by atoms with van der Waals surface area (Å²) in [5.41, 5.74) is 1.38. The van der Waals surface area contributed by atoms with Crippen LogP contribution in [0, 0.1) is 0 Å². The van der Waals surface area contributed by atoms with E-state index in [1.54, 1.807) is 42.1 Å². The smallest absolute Gasteiger partial charge is 0.274 e. The van der Waals surface area contributed by atoms with Gasteiger partial charge in [-0.05, 0) is 17.5 Å². The molecule has 5 nitrogen and oxygen atoms in total. The topological polar surface area (TPSA) is 52.8 Å². The van der Waals surface area contributed by atoms with Crippen LogP contribution in [0.25, 0.3) is 22.1 Å². The third-order valence-corrected chi connectivity index (χ3v) is 5.35. The highest BCUT2D eigenvalue weighted by molar-refractivity contribution is 7.15. The normalized spacial score (nSPS) is 12.3. The average Bonchev–Trinajstić information content (AvgIpc) is 3.25. The van der Waals surface area contributed by atoms with E-state index < -0.39 is 0 Å². The van der Waals surface area contributed by atoms with Gasteiger partial charge < -0.3 is 9.47 Å². The maximum Gasteiger partial charge on any atom is 0.274 e. The van der Waals surface area contributed by atoms with Crippen molar-refractivity contribution in [3.05, 3.63) is 49.4 Å². The van der Waals surface area contributed by atoms with Crippen molar-refractivity contribution in [2.75, 3.05) is 14.2 Å². The van der Waals surface area contributed by atoms with Crippen LogP contribution in [0.3, 0.4) is 0 Å². The Kier molecular flexibility index (Phi) is 3.32. The Morgan fingerprint density at radius 3 is 2.70 bits per heavy atom. The number of rotatable bonds is 3. The number of aromatic nitrogens is 2. The van der Waals surface area contributed by atoms with Gasteiger partial charge in [-0.3, -0.25) is 4.79 Å². The largest absolute Gasteiger partial charge is 0.493 e. The molecule has 0 aliphatic rings. The van der Waals surface area contributed by atoms with Crippen LogP contribution in [0.1, 0.15) is 4.88 Å². The quantitative estimate of drug-likeness (QED) is 0.573. The molecule has 116 valence electrons. The molecule has 0 N–H and O–H groups in total. The Hall–Kier alpha value is -2.38. The van der Waals surface area contributed by atoms with Gasteiger partial charge in [0.05, 0.1) is 29.8 Å². The number of benzene rings is 1. The summed E-state index contributed by atoms with van der Waals surface area (Å²) in [5, 5.41) is 1.99. The van der Waals surface area contributed by atoms with Gasteiger partial charge in [0, 0.05) is 17.0 Å². The molecule has 0 amide bonds. The lowest BCUT2D eigenvalue weighted by atomic mass is 10.2. The van der Waals surface area contributed by atoms with Gasteiger partial charge in [0.15, 0.2) is 16.5 Å². The van der Waals surface area contributed by atoms with E-state index in [1.807, 2.05) is 23.6 Å². The molecule has 0 spiro atoms. The van der Waals surface area contributed by atoms with Crippen molar-refractivity contribution in [3.8, 4) is 11.5 Å². The van der Waals surface area contributed by atoms with Gasteiger partial charge in [-0.1, -0.05) is 17.4 Å². The number of nitrogens with zero attached hydrogens (tertiary/aromatic N) is 2. The Labute approximate surface area is 139 Å². The zero-order valence-corrected chi connectivity index (χ0v) is 14.0. The van der Waals surface area contributed by atoms with Crippen LogP contribution in [-0.4, -0.2) is 23.6 Å². The SMILES string of the molecule is COc1cc2nc3s/c(=C\c4cccs4)c(=O)n3c2cc1OC. The number of ether oxygens (including phenoxy) is 2. The summed E-state index contributed by atoms with van der Waals surface area (Å²) >= 11 is 2.98. The molecule has 0 saturated heterocycles. The Morgan fingerprint density at radius 2 is 2.00 bits per heavy atom. The molecule has 7 heteroatoms. The van der Waals surface area contributed by atoms with E-state index in [0.717, 1.165) is 10.4 Å². The fourth-order valence-corrected chi connectivity index (χ4v) is 4.20. The third-order valence-electron chi connectivity index (χ3n) is 3.56. The molecule has 0 unspecified atom stereocenters. The van der Waals surface area contributed by atoms with Gasteiger partial charge >= 0.3 is 0 Å². The number of hydrogen-bond acceptors (Lipinski definition) is 6. The highest BCUT2D eigenvalue weighted by Gasteiger charge is 2.15. The number of imidazole rings is 1. The fourth-order valence-electron chi connectivity index (χ4n) is 2.49. The van der Waals surface area contributed by atoms with Crippen LogP contribution in [0.5, 0.6) is 11.5 Å². The third kappa shape index (κ3) is 2.20. The lowest BCUT2D eigenvalue weighted by Gasteiger charge is -2.06. The Balaban J connectivity index is 2.03. The maximum atomic E-state index is 12.7. The second-order valence-corrected chi connectivity index (χ2v) is 6.85. The number of thiazole rings is 1. The lowest BCUT2D eigenvalue weighted by Crippen LogP contribution is -2.22. The van der Waals surface area contributed by atoms with Gasteiger partial charge in [-0.2, -0.15) is 0 Å². The van der Waals surface area contributed by atoms with Crippen molar-refractivity contribution in [1.82, 2.24) is 9.38 Å². The number of thiophene rings is 1. The van der Waals surface area contributed by atoms with E-state index in [1.165, 1.54) is 11.3 Å². The van der Waals surface area contributed by atoms with Crippen LogP contribution >= 0.6 is 22.7 Å². The summed E-state index contributed by atoms with van der Waals surface area (Å²) in [7, 11) is 3.15. The van der Waals surface area contributed by atoms with E-state index in [4.69, 9.17) is 9.47 Å². The molecular weight excluding hydrogens is 332 g/mol. The van der Waals surface area contributed by atoms with E-state index in [9.17, 15) is 4.79 Å². The first-order valence-corrected chi connectivity index (χ1v) is 8.53. The van der Waals surface area contributed by atoms with Gasteiger partial charge in [0.1, 0.15) is 0 Å². The first-order chi connectivity index (χ1) is 11.2. The summed E-state index contributed by atoms with van der Waals surface area (Å²) < 4.78 is 12.9. The number of methoxy groups -OCH3 is 2. The van der Waals surface area contributed by atoms with Crippen LogP contribution in [-0.2, 0) is 0 Å². The van der Waals surface area contributed by atoms with Crippen molar-refractivity contribution in [2.45, 2.75) is 0 Å². The lowest BCUT2D eigenvalue weighted by molar-refractivity contribution is 0.355. The van der Waals surface area contributed by atoms with Gasteiger partial charge in [-0.25, -0.2) is 9.38 Å². The van der Waals surface area contributed by atoms with Gasteiger partial charge in [0.2, 0.25) is 0 Å². The van der Waals surface area contributed by atoms with Crippen LogP contribution in [0.2, 0.25) is 0 Å². The zero-order chi connectivity index (χ0) is 16.0. The first-order valence-electron chi connectivity index (χ1n) is 6.83. The summed E-state index contributed by atoms with van der Waals surface area (Å²) in [5.74, 6) is 1.18. The zero-order valence-electron chi connectivity index (χ0n) is 12.4. The molecule has 3 aromatic heterocycles. The molecule has 0 saturated carbocycles. The molecule has 0 aliphatic carbocycles.